The lowest BCUT2D eigenvalue weighted by atomic mass is 9.96. The van der Waals surface area contributed by atoms with Gasteiger partial charge in [0.05, 0.1) is 13.2 Å². The zero-order valence-electron chi connectivity index (χ0n) is 16.6. The van der Waals surface area contributed by atoms with Crippen molar-refractivity contribution in [3.8, 4) is 17.2 Å². The predicted molar refractivity (Wildman–Crippen MR) is 111 cm³/mol. The van der Waals surface area contributed by atoms with Crippen LogP contribution in [0.4, 0.5) is 5.69 Å². The maximum atomic E-state index is 12.3. The van der Waals surface area contributed by atoms with Crippen molar-refractivity contribution in [2.45, 2.75) is 19.8 Å². The van der Waals surface area contributed by atoms with E-state index in [1.165, 1.54) is 0 Å². The molecule has 29 heavy (non-hydrogen) atoms. The lowest BCUT2D eigenvalue weighted by Crippen LogP contribution is -2.42. The first-order valence-electron chi connectivity index (χ1n) is 9.86. The molecule has 1 fully saturated rings. The van der Waals surface area contributed by atoms with E-state index in [0.29, 0.717) is 56.3 Å². The topological polar surface area (TPSA) is 93.9 Å². The third-order valence-corrected chi connectivity index (χ3v) is 4.87. The van der Waals surface area contributed by atoms with Gasteiger partial charge in [0.25, 0.3) is 0 Å². The first kappa shape index (κ1) is 20.7. The minimum atomic E-state index is -0.248. The molecule has 1 aliphatic heterocycles. The van der Waals surface area contributed by atoms with E-state index in [0.717, 1.165) is 5.75 Å². The van der Waals surface area contributed by atoms with E-state index < -0.39 is 0 Å². The van der Waals surface area contributed by atoms with Gasteiger partial charge in [-0.3, -0.25) is 14.5 Å². The number of ether oxygens (including phenoxy) is 2. The normalized spacial score (nSPS) is 14.9. The summed E-state index contributed by atoms with van der Waals surface area (Å²) in [5.41, 5.74) is 6.05. The number of hydrogen-bond donors (Lipinski definition) is 2. The van der Waals surface area contributed by atoms with Gasteiger partial charge in [-0.05, 0) is 81.4 Å². The SMILES string of the molecule is CCOc1ccc(Oc2ccc(NC(=O)CN3CCC(C(N)=O)CC3)cc2)cc1. The van der Waals surface area contributed by atoms with E-state index in [2.05, 4.69) is 5.32 Å². The molecule has 7 nitrogen and oxygen atoms in total. The number of nitrogens with one attached hydrogen (secondary N) is 1. The second-order valence-corrected chi connectivity index (χ2v) is 7.03. The molecule has 1 saturated heterocycles. The molecule has 3 N–H and O–H groups in total. The lowest BCUT2D eigenvalue weighted by Gasteiger charge is -2.29. The number of nitrogens with zero attached hydrogens (tertiary/aromatic N) is 1. The van der Waals surface area contributed by atoms with E-state index >= 15 is 0 Å². The second-order valence-electron chi connectivity index (χ2n) is 7.03. The number of nitrogens with two attached hydrogens (primary N) is 1. The molecule has 154 valence electrons. The maximum absolute atomic E-state index is 12.3. The van der Waals surface area contributed by atoms with Gasteiger partial charge in [0.15, 0.2) is 0 Å². The van der Waals surface area contributed by atoms with Gasteiger partial charge >= 0.3 is 0 Å². The Labute approximate surface area is 170 Å². The highest BCUT2D eigenvalue weighted by Crippen LogP contribution is 2.25. The third kappa shape index (κ3) is 6.22. The quantitative estimate of drug-likeness (QED) is 0.714. The molecule has 0 bridgehead atoms. The number of hydrogen-bond acceptors (Lipinski definition) is 5. The first-order chi connectivity index (χ1) is 14.0. The number of primary amides is 1. The highest BCUT2D eigenvalue weighted by molar-refractivity contribution is 5.92. The summed E-state index contributed by atoms with van der Waals surface area (Å²) < 4.78 is 11.2. The van der Waals surface area contributed by atoms with Crippen molar-refractivity contribution in [2.24, 2.45) is 11.7 Å². The van der Waals surface area contributed by atoms with Gasteiger partial charge in [0, 0.05) is 11.6 Å². The van der Waals surface area contributed by atoms with Crippen molar-refractivity contribution in [1.29, 1.82) is 0 Å². The molecular formula is C22H27N3O4. The fourth-order valence-corrected chi connectivity index (χ4v) is 3.29. The van der Waals surface area contributed by atoms with E-state index in [-0.39, 0.29) is 17.7 Å². The molecule has 0 saturated carbocycles. The molecular weight excluding hydrogens is 370 g/mol. The third-order valence-electron chi connectivity index (χ3n) is 4.87. The maximum Gasteiger partial charge on any atom is 0.238 e. The van der Waals surface area contributed by atoms with Crippen molar-refractivity contribution < 1.29 is 19.1 Å². The van der Waals surface area contributed by atoms with Gasteiger partial charge in [0.2, 0.25) is 11.8 Å². The van der Waals surface area contributed by atoms with Crippen LogP contribution < -0.4 is 20.5 Å². The van der Waals surface area contributed by atoms with Crippen molar-refractivity contribution in [2.75, 3.05) is 31.6 Å². The van der Waals surface area contributed by atoms with Crippen LogP contribution in [-0.4, -0.2) is 43.0 Å². The van der Waals surface area contributed by atoms with E-state index in [4.69, 9.17) is 15.2 Å². The molecule has 0 spiro atoms. The zero-order chi connectivity index (χ0) is 20.6. The molecule has 0 aliphatic carbocycles. The van der Waals surface area contributed by atoms with Gasteiger partial charge < -0.3 is 20.5 Å². The second kappa shape index (κ2) is 9.93. The summed E-state index contributed by atoms with van der Waals surface area (Å²) in [4.78, 5) is 25.5. The Kier molecular flexibility index (Phi) is 7.08. The number of likely N-dealkylation sites (tertiary alicyclic amines) is 1. The van der Waals surface area contributed by atoms with Crippen molar-refractivity contribution in [3.63, 3.8) is 0 Å². The molecule has 0 atom stereocenters. The summed E-state index contributed by atoms with van der Waals surface area (Å²) in [7, 11) is 0. The van der Waals surface area contributed by atoms with Crippen LogP contribution in [-0.2, 0) is 9.59 Å². The average molecular weight is 397 g/mol. The van der Waals surface area contributed by atoms with Crippen molar-refractivity contribution >= 4 is 17.5 Å². The van der Waals surface area contributed by atoms with Gasteiger partial charge in [-0.25, -0.2) is 0 Å². The average Bonchev–Trinajstić information content (AvgIpc) is 2.71. The van der Waals surface area contributed by atoms with Crippen LogP contribution in [0.5, 0.6) is 17.2 Å². The van der Waals surface area contributed by atoms with E-state index in [9.17, 15) is 9.59 Å². The number of carbonyl (C=O) groups is 2. The van der Waals surface area contributed by atoms with Crippen molar-refractivity contribution in [1.82, 2.24) is 4.90 Å². The standard InChI is InChI=1S/C22H27N3O4/c1-2-28-18-7-9-20(10-8-18)29-19-5-3-17(4-6-19)24-21(26)15-25-13-11-16(12-14-25)22(23)27/h3-10,16H,2,11-15H2,1H3,(H2,23,27)(H,24,26). The molecule has 3 rings (SSSR count). The van der Waals surface area contributed by atoms with Crippen molar-refractivity contribution in [3.05, 3.63) is 48.5 Å². The molecule has 2 aromatic carbocycles. The van der Waals surface area contributed by atoms with Gasteiger partial charge in [-0.2, -0.15) is 0 Å². The summed E-state index contributed by atoms with van der Waals surface area (Å²) in [6.45, 7) is 4.28. The fourth-order valence-electron chi connectivity index (χ4n) is 3.29. The minimum absolute atomic E-state index is 0.0720. The Morgan fingerprint density at radius 1 is 1.00 bits per heavy atom. The molecule has 2 aromatic rings. The molecule has 0 radical (unpaired) electrons. The summed E-state index contributed by atoms with van der Waals surface area (Å²) in [6, 6.07) is 14.7. The molecule has 1 aliphatic rings. The Morgan fingerprint density at radius 3 is 2.10 bits per heavy atom. The summed E-state index contributed by atoms with van der Waals surface area (Å²) in [5, 5.41) is 2.89. The monoisotopic (exact) mass is 397 g/mol. The van der Waals surface area contributed by atoms with E-state index in [1.54, 1.807) is 12.1 Å². The summed E-state index contributed by atoms with van der Waals surface area (Å²) in [6.07, 6.45) is 1.42. The zero-order valence-corrected chi connectivity index (χ0v) is 16.6. The number of anilines is 1. The molecule has 1 heterocycles. The van der Waals surface area contributed by atoms with Gasteiger partial charge in [-0.1, -0.05) is 0 Å². The summed E-state index contributed by atoms with van der Waals surface area (Å²) >= 11 is 0. The summed E-state index contributed by atoms with van der Waals surface area (Å²) in [5.74, 6) is 1.80. The lowest BCUT2D eigenvalue weighted by molar-refractivity contribution is -0.123. The number of carbonyl (C=O) groups excluding carboxylic acids is 2. The fraction of sp³-hybridized carbons (Fsp3) is 0.364. The minimum Gasteiger partial charge on any atom is -0.494 e. The van der Waals surface area contributed by atoms with Crippen LogP contribution in [0.15, 0.2) is 48.5 Å². The number of rotatable bonds is 8. The Hall–Kier alpha value is -3.06. The van der Waals surface area contributed by atoms with Gasteiger partial charge in [-0.15, -0.1) is 0 Å². The molecule has 0 aromatic heterocycles. The Bertz CT molecular complexity index is 813. The van der Waals surface area contributed by atoms with Crippen LogP contribution in [0.2, 0.25) is 0 Å². The predicted octanol–water partition coefficient (Wildman–Crippen LogP) is 3.01. The Balaban J connectivity index is 1.46. The first-order valence-corrected chi connectivity index (χ1v) is 9.86. The van der Waals surface area contributed by atoms with Crippen LogP contribution in [0, 0.1) is 5.92 Å². The largest absolute Gasteiger partial charge is 0.494 e. The van der Waals surface area contributed by atoms with Crippen LogP contribution in [0.3, 0.4) is 0 Å². The molecule has 0 unspecified atom stereocenters. The molecule has 2 amide bonds. The smallest absolute Gasteiger partial charge is 0.238 e. The van der Waals surface area contributed by atoms with Crippen LogP contribution in [0.25, 0.3) is 0 Å². The highest BCUT2D eigenvalue weighted by Gasteiger charge is 2.24. The van der Waals surface area contributed by atoms with Crippen LogP contribution in [0.1, 0.15) is 19.8 Å². The Morgan fingerprint density at radius 2 is 1.55 bits per heavy atom. The number of benzene rings is 2. The van der Waals surface area contributed by atoms with E-state index in [1.807, 2.05) is 48.2 Å². The number of piperidine rings is 1. The highest BCUT2D eigenvalue weighted by atomic mass is 16.5. The van der Waals surface area contributed by atoms with Gasteiger partial charge in [0.1, 0.15) is 17.2 Å². The van der Waals surface area contributed by atoms with Crippen LogP contribution >= 0.6 is 0 Å². The number of amides is 2. The molecule has 7 heteroatoms.